The summed E-state index contributed by atoms with van der Waals surface area (Å²) in [5.41, 5.74) is 1.29. The number of hydrogen-bond acceptors (Lipinski definition) is 2. The van der Waals surface area contributed by atoms with E-state index in [1.807, 2.05) is 6.07 Å². The van der Waals surface area contributed by atoms with Gasteiger partial charge in [-0.05, 0) is 29.5 Å². The molecule has 1 aromatic carbocycles. The first-order valence-corrected chi connectivity index (χ1v) is 5.32. The average Bonchev–Trinajstić information content (AvgIpc) is 2.26. The molecule has 1 unspecified atom stereocenters. The van der Waals surface area contributed by atoms with Crippen molar-refractivity contribution in [3.8, 4) is 11.5 Å². The van der Waals surface area contributed by atoms with Crippen LogP contribution in [0.5, 0.6) is 11.5 Å². The van der Waals surface area contributed by atoms with Crippen molar-refractivity contribution in [2.75, 3.05) is 14.2 Å². The number of rotatable bonds is 4. The Morgan fingerprint density at radius 1 is 0.933 bits per heavy atom. The van der Waals surface area contributed by atoms with Gasteiger partial charge in [-0.3, -0.25) is 0 Å². The van der Waals surface area contributed by atoms with Crippen LogP contribution in [0.25, 0.3) is 0 Å². The molecule has 1 aromatic rings. The van der Waals surface area contributed by atoms with E-state index >= 15 is 0 Å². The Morgan fingerprint density at radius 3 is 2.00 bits per heavy atom. The topological polar surface area (TPSA) is 18.5 Å². The summed E-state index contributed by atoms with van der Waals surface area (Å²) in [4.78, 5) is 0. The number of methoxy groups -OCH3 is 2. The third-order valence-electron chi connectivity index (χ3n) is 2.93. The second kappa shape index (κ2) is 5.06. The first-order valence-electron chi connectivity index (χ1n) is 5.32. The van der Waals surface area contributed by atoms with Crippen LogP contribution in [0.15, 0.2) is 18.2 Å². The molecular weight excluding hydrogens is 188 g/mol. The molecule has 0 saturated heterocycles. The summed E-state index contributed by atoms with van der Waals surface area (Å²) in [5, 5.41) is 0. The van der Waals surface area contributed by atoms with Crippen LogP contribution in [0.1, 0.15) is 32.3 Å². The lowest BCUT2D eigenvalue weighted by molar-refractivity contribution is 0.354. The van der Waals surface area contributed by atoms with Gasteiger partial charge in [-0.2, -0.15) is 0 Å². The third kappa shape index (κ3) is 2.65. The van der Waals surface area contributed by atoms with Gasteiger partial charge in [0.15, 0.2) is 11.5 Å². The lowest BCUT2D eigenvalue weighted by Gasteiger charge is -2.17. The molecule has 0 saturated carbocycles. The molecule has 0 aromatic heterocycles. The smallest absolute Gasteiger partial charge is 0.160 e. The molecule has 2 heteroatoms. The number of ether oxygens (including phenoxy) is 2. The summed E-state index contributed by atoms with van der Waals surface area (Å²) in [7, 11) is 3.32. The minimum Gasteiger partial charge on any atom is -0.493 e. The van der Waals surface area contributed by atoms with Gasteiger partial charge in [-0.15, -0.1) is 0 Å². The fraction of sp³-hybridized carbons (Fsp3) is 0.538. The highest BCUT2D eigenvalue weighted by Crippen LogP contribution is 2.32. The van der Waals surface area contributed by atoms with Crippen molar-refractivity contribution in [1.29, 1.82) is 0 Å². The molecule has 0 N–H and O–H groups in total. The third-order valence-corrected chi connectivity index (χ3v) is 2.93. The minimum atomic E-state index is 0.532. The van der Waals surface area contributed by atoms with Crippen LogP contribution in [0.4, 0.5) is 0 Å². The summed E-state index contributed by atoms with van der Waals surface area (Å²) in [5.74, 6) is 2.76. The Hall–Kier alpha value is -1.18. The van der Waals surface area contributed by atoms with Crippen molar-refractivity contribution in [2.24, 2.45) is 5.92 Å². The maximum absolute atomic E-state index is 5.28. The fourth-order valence-electron chi connectivity index (χ4n) is 1.52. The summed E-state index contributed by atoms with van der Waals surface area (Å²) >= 11 is 0. The molecule has 0 spiro atoms. The molecule has 0 aliphatic carbocycles. The van der Waals surface area contributed by atoms with Gasteiger partial charge in [0.05, 0.1) is 14.2 Å². The van der Waals surface area contributed by atoms with Crippen molar-refractivity contribution in [3.63, 3.8) is 0 Å². The molecule has 84 valence electrons. The van der Waals surface area contributed by atoms with Crippen molar-refractivity contribution >= 4 is 0 Å². The zero-order chi connectivity index (χ0) is 11.4. The maximum Gasteiger partial charge on any atom is 0.160 e. The molecule has 0 amide bonds. The molecule has 0 radical (unpaired) electrons. The van der Waals surface area contributed by atoms with Gasteiger partial charge < -0.3 is 9.47 Å². The van der Waals surface area contributed by atoms with Gasteiger partial charge in [0.1, 0.15) is 0 Å². The second-order valence-electron chi connectivity index (χ2n) is 4.15. The van der Waals surface area contributed by atoms with Gasteiger partial charge in [0, 0.05) is 0 Å². The summed E-state index contributed by atoms with van der Waals surface area (Å²) in [6.07, 6.45) is 0. The number of benzene rings is 1. The van der Waals surface area contributed by atoms with Crippen LogP contribution < -0.4 is 9.47 Å². The van der Waals surface area contributed by atoms with Gasteiger partial charge in [0.2, 0.25) is 0 Å². The molecule has 1 rings (SSSR count). The molecule has 0 aliphatic heterocycles. The van der Waals surface area contributed by atoms with Crippen molar-refractivity contribution in [1.82, 2.24) is 0 Å². The summed E-state index contributed by atoms with van der Waals surface area (Å²) in [6, 6.07) is 6.13. The van der Waals surface area contributed by atoms with Crippen LogP contribution in [-0.4, -0.2) is 14.2 Å². The van der Waals surface area contributed by atoms with E-state index < -0.39 is 0 Å². The van der Waals surface area contributed by atoms with Gasteiger partial charge >= 0.3 is 0 Å². The van der Waals surface area contributed by atoms with Crippen LogP contribution in [0.2, 0.25) is 0 Å². The Bertz CT molecular complexity index is 318. The molecule has 2 nitrogen and oxygen atoms in total. The summed E-state index contributed by atoms with van der Waals surface area (Å²) < 4.78 is 10.5. The predicted octanol–water partition coefficient (Wildman–Crippen LogP) is 3.46. The quantitative estimate of drug-likeness (QED) is 0.754. The van der Waals surface area contributed by atoms with E-state index in [9.17, 15) is 0 Å². The van der Waals surface area contributed by atoms with E-state index in [0.29, 0.717) is 11.8 Å². The zero-order valence-corrected chi connectivity index (χ0v) is 10.2. The molecule has 15 heavy (non-hydrogen) atoms. The maximum atomic E-state index is 5.28. The van der Waals surface area contributed by atoms with Crippen molar-refractivity contribution in [3.05, 3.63) is 23.8 Å². The van der Waals surface area contributed by atoms with Gasteiger partial charge in [-0.1, -0.05) is 26.8 Å². The normalized spacial score (nSPS) is 12.7. The van der Waals surface area contributed by atoms with E-state index in [1.54, 1.807) is 14.2 Å². The lowest BCUT2D eigenvalue weighted by atomic mass is 9.90. The first-order chi connectivity index (χ1) is 7.10. The summed E-state index contributed by atoms with van der Waals surface area (Å²) in [6.45, 7) is 6.68. The fourth-order valence-corrected chi connectivity index (χ4v) is 1.52. The Labute approximate surface area is 92.2 Å². The van der Waals surface area contributed by atoms with Crippen LogP contribution in [-0.2, 0) is 0 Å². The second-order valence-corrected chi connectivity index (χ2v) is 4.15. The standard InChI is InChI=1S/C13H20O2/c1-9(2)10(3)11-6-7-12(14-4)13(8-11)15-5/h6-10H,1-5H3. The molecule has 0 bridgehead atoms. The van der Waals surface area contributed by atoms with Crippen molar-refractivity contribution in [2.45, 2.75) is 26.7 Å². The monoisotopic (exact) mass is 208 g/mol. The lowest BCUT2D eigenvalue weighted by Crippen LogP contribution is -2.02. The molecule has 0 fully saturated rings. The van der Waals surface area contributed by atoms with Crippen LogP contribution in [0.3, 0.4) is 0 Å². The minimum absolute atomic E-state index is 0.532. The molecule has 0 heterocycles. The Balaban J connectivity index is 3.02. The molecular formula is C13H20O2. The van der Waals surface area contributed by atoms with E-state index in [0.717, 1.165) is 11.5 Å². The SMILES string of the molecule is COc1ccc(C(C)C(C)C)cc1OC. The van der Waals surface area contributed by atoms with Gasteiger partial charge in [0.25, 0.3) is 0 Å². The van der Waals surface area contributed by atoms with Crippen molar-refractivity contribution < 1.29 is 9.47 Å². The first kappa shape index (κ1) is 11.9. The largest absolute Gasteiger partial charge is 0.493 e. The Morgan fingerprint density at radius 2 is 1.53 bits per heavy atom. The van der Waals surface area contributed by atoms with E-state index in [2.05, 4.69) is 32.9 Å². The number of hydrogen-bond donors (Lipinski definition) is 0. The van der Waals surface area contributed by atoms with E-state index in [-0.39, 0.29) is 0 Å². The van der Waals surface area contributed by atoms with E-state index in [1.165, 1.54) is 5.56 Å². The Kier molecular flexibility index (Phi) is 4.01. The molecule has 0 aliphatic rings. The molecule has 1 atom stereocenters. The highest BCUT2D eigenvalue weighted by Gasteiger charge is 2.12. The van der Waals surface area contributed by atoms with Crippen LogP contribution >= 0.6 is 0 Å². The highest BCUT2D eigenvalue weighted by atomic mass is 16.5. The zero-order valence-electron chi connectivity index (χ0n) is 10.2. The average molecular weight is 208 g/mol. The van der Waals surface area contributed by atoms with Gasteiger partial charge in [-0.25, -0.2) is 0 Å². The highest BCUT2D eigenvalue weighted by molar-refractivity contribution is 5.43. The van der Waals surface area contributed by atoms with E-state index in [4.69, 9.17) is 9.47 Å². The predicted molar refractivity (Wildman–Crippen MR) is 62.8 cm³/mol. The van der Waals surface area contributed by atoms with Crippen LogP contribution in [0, 0.1) is 5.92 Å².